The van der Waals surface area contributed by atoms with E-state index in [0.717, 1.165) is 59.3 Å². The van der Waals surface area contributed by atoms with Crippen molar-refractivity contribution < 1.29 is 17.6 Å². The highest BCUT2D eigenvalue weighted by Gasteiger charge is 2.23. The Hall–Kier alpha value is -5.01. The highest BCUT2D eigenvalue weighted by atomic mass is 32.2. The molecular formula is C32H29FN8O3S. The Labute approximate surface area is 257 Å². The molecule has 13 heteroatoms. The number of anilines is 1. The summed E-state index contributed by atoms with van der Waals surface area (Å²) in [6.07, 6.45) is 13.4. The number of nitrogens with one attached hydrogen (secondary N) is 4. The molecule has 1 aromatic carbocycles. The second kappa shape index (κ2) is 11.5. The van der Waals surface area contributed by atoms with Gasteiger partial charge in [-0.15, -0.1) is 0 Å². The molecular weight excluding hydrogens is 595 g/mol. The Morgan fingerprint density at radius 2 is 1.76 bits per heavy atom. The molecule has 1 saturated carbocycles. The number of aromatic nitrogens is 6. The van der Waals surface area contributed by atoms with Gasteiger partial charge in [0, 0.05) is 46.8 Å². The van der Waals surface area contributed by atoms with Crippen LogP contribution in [0.2, 0.25) is 0 Å². The third-order valence-electron chi connectivity index (χ3n) is 8.08. The van der Waals surface area contributed by atoms with Gasteiger partial charge in [-0.3, -0.25) is 24.8 Å². The predicted molar refractivity (Wildman–Crippen MR) is 170 cm³/mol. The van der Waals surface area contributed by atoms with Gasteiger partial charge < -0.3 is 10.3 Å². The first-order valence-electron chi connectivity index (χ1n) is 14.5. The van der Waals surface area contributed by atoms with Crippen molar-refractivity contribution in [3.63, 3.8) is 0 Å². The number of benzene rings is 1. The first-order chi connectivity index (χ1) is 21.7. The smallest absolute Gasteiger partial charge is 0.227 e. The van der Waals surface area contributed by atoms with Crippen LogP contribution in [0.15, 0.2) is 67.4 Å². The maximum atomic E-state index is 14.6. The molecule has 1 fully saturated rings. The van der Waals surface area contributed by atoms with Gasteiger partial charge in [-0.1, -0.05) is 12.8 Å². The number of sulfonamides is 1. The van der Waals surface area contributed by atoms with Gasteiger partial charge in [0.05, 0.1) is 53.0 Å². The van der Waals surface area contributed by atoms with Crippen LogP contribution in [0.25, 0.3) is 55.6 Å². The van der Waals surface area contributed by atoms with Crippen molar-refractivity contribution in [2.45, 2.75) is 32.2 Å². The van der Waals surface area contributed by atoms with Gasteiger partial charge in [0.1, 0.15) is 11.5 Å². The molecule has 4 N–H and O–H groups in total. The number of nitrogens with zero attached hydrogens (tertiary/aromatic N) is 4. The lowest BCUT2D eigenvalue weighted by Gasteiger charge is -2.11. The van der Waals surface area contributed by atoms with Crippen LogP contribution in [-0.4, -0.2) is 50.7 Å². The van der Waals surface area contributed by atoms with Gasteiger partial charge in [0.25, 0.3) is 0 Å². The molecule has 45 heavy (non-hydrogen) atoms. The normalized spacial score (nSPS) is 14.0. The van der Waals surface area contributed by atoms with Crippen molar-refractivity contribution in [1.82, 2.24) is 34.9 Å². The minimum Gasteiger partial charge on any atom is -0.352 e. The lowest BCUT2D eigenvalue weighted by molar-refractivity contribution is -0.119. The molecule has 0 saturated heterocycles. The number of amides is 1. The monoisotopic (exact) mass is 624 g/mol. The Kier molecular flexibility index (Phi) is 7.34. The molecule has 0 bridgehead atoms. The molecule has 5 aromatic heterocycles. The number of rotatable bonds is 8. The van der Waals surface area contributed by atoms with E-state index in [1.807, 2.05) is 18.2 Å². The SMILES string of the molecule is CS(=O)(=O)NCc1cc(F)cc(-c2cncc3[nH]c(-c4n[nH]c5cnc(-c6cncc(NC(=O)C7CCCC7)c6)cc45)cc23)c1. The fourth-order valence-electron chi connectivity index (χ4n) is 5.89. The average molecular weight is 625 g/mol. The van der Waals surface area contributed by atoms with Crippen molar-refractivity contribution in [3.8, 4) is 33.8 Å². The second-order valence-electron chi connectivity index (χ2n) is 11.4. The summed E-state index contributed by atoms with van der Waals surface area (Å²) in [7, 11) is -3.44. The summed E-state index contributed by atoms with van der Waals surface area (Å²) in [6.45, 7) is -0.0354. The molecule has 6 aromatic rings. The number of fused-ring (bicyclic) bond motifs is 2. The first-order valence-corrected chi connectivity index (χ1v) is 16.4. The zero-order valence-electron chi connectivity index (χ0n) is 24.3. The van der Waals surface area contributed by atoms with E-state index >= 15 is 0 Å². The molecule has 5 heterocycles. The number of H-pyrrole nitrogens is 2. The molecule has 0 radical (unpaired) electrons. The van der Waals surface area contributed by atoms with Gasteiger partial charge in [-0.05, 0) is 60.4 Å². The standard InChI is InChI=1S/C32H29FN8O3S/c1-45(43,44)37-12-18-6-20(8-22(33)7-18)26-15-35-16-29-24(26)10-28(39-29)31-25-11-27(36-17-30(25)40-41-31)21-9-23(14-34-13-21)38-32(42)19-4-2-3-5-19/h6-11,13-17,19,37,39H,2-5,12H2,1H3,(H,38,42)(H,40,41). The third-order valence-corrected chi connectivity index (χ3v) is 8.75. The van der Waals surface area contributed by atoms with Crippen molar-refractivity contribution in [1.29, 1.82) is 0 Å². The van der Waals surface area contributed by atoms with Gasteiger partial charge >= 0.3 is 0 Å². The molecule has 0 spiro atoms. The molecule has 1 aliphatic rings. The first kappa shape index (κ1) is 28.7. The molecule has 1 aliphatic carbocycles. The molecule has 0 aliphatic heterocycles. The number of hydrogen-bond donors (Lipinski definition) is 4. The number of halogens is 1. The summed E-state index contributed by atoms with van der Waals surface area (Å²) in [5.41, 5.74) is 6.61. The molecule has 228 valence electrons. The Morgan fingerprint density at radius 3 is 2.58 bits per heavy atom. The van der Waals surface area contributed by atoms with E-state index in [4.69, 9.17) is 0 Å². The largest absolute Gasteiger partial charge is 0.352 e. The lowest BCUT2D eigenvalue weighted by Crippen LogP contribution is -2.21. The summed E-state index contributed by atoms with van der Waals surface area (Å²) in [5.74, 6) is -0.413. The van der Waals surface area contributed by atoms with Crippen molar-refractivity contribution in [3.05, 3.63) is 78.8 Å². The van der Waals surface area contributed by atoms with E-state index in [9.17, 15) is 17.6 Å². The summed E-state index contributed by atoms with van der Waals surface area (Å²) < 4.78 is 40.2. The van der Waals surface area contributed by atoms with Crippen molar-refractivity contribution >= 4 is 43.4 Å². The third kappa shape index (κ3) is 6.04. The Morgan fingerprint density at radius 1 is 0.933 bits per heavy atom. The number of carbonyl (C=O) groups is 1. The highest BCUT2D eigenvalue weighted by molar-refractivity contribution is 7.88. The van der Waals surface area contributed by atoms with E-state index in [1.165, 1.54) is 12.1 Å². The Bertz CT molecular complexity index is 2190. The Balaban J connectivity index is 1.22. The predicted octanol–water partition coefficient (Wildman–Crippen LogP) is 5.55. The van der Waals surface area contributed by atoms with Crippen LogP contribution in [0.1, 0.15) is 31.2 Å². The number of pyridine rings is 3. The molecule has 7 rings (SSSR count). The molecule has 0 unspecified atom stereocenters. The van der Waals surface area contributed by atoms with Crippen LogP contribution >= 0.6 is 0 Å². The topological polar surface area (TPSA) is 158 Å². The van der Waals surface area contributed by atoms with Gasteiger partial charge in [-0.2, -0.15) is 5.10 Å². The maximum absolute atomic E-state index is 14.6. The number of aromatic amines is 2. The van der Waals surface area contributed by atoms with Crippen LogP contribution in [0.5, 0.6) is 0 Å². The van der Waals surface area contributed by atoms with Gasteiger partial charge in [0.15, 0.2) is 0 Å². The number of hydrogen-bond acceptors (Lipinski definition) is 7. The zero-order valence-corrected chi connectivity index (χ0v) is 25.1. The quantitative estimate of drug-likeness (QED) is 0.173. The minimum absolute atomic E-state index is 0.0275. The van der Waals surface area contributed by atoms with Crippen LogP contribution in [-0.2, 0) is 21.4 Å². The van der Waals surface area contributed by atoms with Crippen LogP contribution in [0.3, 0.4) is 0 Å². The summed E-state index contributed by atoms with van der Waals surface area (Å²) in [6, 6.07) is 10.2. The summed E-state index contributed by atoms with van der Waals surface area (Å²) in [4.78, 5) is 29.4. The molecule has 0 atom stereocenters. The van der Waals surface area contributed by atoms with E-state index in [-0.39, 0.29) is 18.4 Å². The van der Waals surface area contributed by atoms with E-state index in [2.05, 4.69) is 40.2 Å². The van der Waals surface area contributed by atoms with E-state index < -0.39 is 15.8 Å². The van der Waals surface area contributed by atoms with Crippen LogP contribution in [0, 0.1) is 11.7 Å². The second-order valence-corrected chi connectivity index (χ2v) is 13.2. The fraction of sp³-hybridized carbons (Fsp3) is 0.219. The van der Waals surface area contributed by atoms with Gasteiger partial charge in [0.2, 0.25) is 15.9 Å². The fourth-order valence-corrected chi connectivity index (χ4v) is 6.32. The average Bonchev–Trinajstić information content (AvgIpc) is 3.79. The van der Waals surface area contributed by atoms with Crippen molar-refractivity contribution in [2.75, 3.05) is 11.6 Å². The molecule has 11 nitrogen and oxygen atoms in total. The van der Waals surface area contributed by atoms with Crippen LogP contribution < -0.4 is 10.0 Å². The number of carbonyl (C=O) groups excluding carboxylic acids is 1. The highest BCUT2D eigenvalue weighted by Crippen LogP contribution is 2.35. The van der Waals surface area contributed by atoms with Gasteiger partial charge in [-0.25, -0.2) is 17.5 Å². The molecule has 1 amide bonds. The summed E-state index contributed by atoms with van der Waals surface area (Å²) in [5, 5.41) is 12.2. The van der Waals surface area contributed by atoms with Crippen LogP contribution in [0.4, 0.5) is 10.1 Å². The van der Waals surface area contributed by atoms with E-state index in [1.54, 1.807) is 37.1 Å². The maximum Gasteiger partial charge on any atom is 0.227 e. The minimum atomic E-state index is -3.44. The lowest BCUT2D eigenvalue weighted by atomic mass is 10.0. The van der Waals surface area contributed by atoms with Crippen molar-refractivity contribution in [2.24, 2.45) is 5.92 Å². The summed E-state index contributed by atoms with van der Waals surface area (Å²) >= 11 is 0. The zero-order chi connectivity index (χ0) is 31.1. The van der Waals surface area contributed by atoms with E-state index in [0.29, 0.717) is 39.5 Å².